The molecule has 8 heteroatoms. The molecular formula is C17H15F4NO3. The van der Waals surface area contributed by atoms with Gasteiger partial charge < -0.3 is 14.8 Å². The molecule has 1 N–H and O–H groups in total. The van der Waals surface area contributed by atoms with Gasteiger partial charge in [-0.2, -0.15) is 17.6 Å². The molecule has 0 spiro atoms. The van der Waals surface area contributed by atoms with E-state index in [1.165, 1.54) is 42.5 Å². The summed E-state index contributed by atoms with van der Waals surface area (Å²) in [5.41, 5.74) is 0.227. The molecular weight excluding hydrogens is 342 g/mol. The lowest BCUT2D eigenvalue weighted by Crippen LogP contribution is -2.27. The Morgan fingerprint density at radius 1 is 0.880 bits per heavy atom. The zero-order chi connectivity index (χ0) is 18.4. The minimum absolute atomic E-state index is 0.0811. The van der Waals surface area contributed by atoms with E-state index < -0.39 is 25.2 Å². The number of carbonyl (C=O) groups excluding carboxylic acids is 1. The third-order valence-electron chi connectivity index (χ3n) is 3.30. The molecule has 134 valence electrons. The van der Waals surface area contributed by atoms with Crippen molar-refractivity contribution in [2.24, 2.45) is 0 Å². The monoisotopic (exact) mass is 357 g/mol. The van der Waals surface area contributed by atoms with E-state index in [0.29, 0.717) is 5.56 Å². The van der Waals surface area contributed by atoms with Gasteiger partial charge in [-0.3, -0.25) is 4.79 Å². The molecule has 0 aromatic heterocycles. The van der Waals surface area contributed by atoms with Crippen molar-refractivity contribution in [1.29, 1.82) is 0 Å². The number of hydrogen-bond donors (Lipinski definition) is 1. The zero-order valence-corrected chi connectivity index (χ0v) is 13.1. The first-order valence-electron chi connectivity index (χ1n) is 7.27. The van der Waals surface area contributed by atoms with E-state index in [1.807, 2.05) is 0 Å². The summed E-state index contributed by atoms with van der Waals surface area (Å²) in [6, 6.07) is 10.8. The van der Waals surface area contributed by atoms with Crippen LogP contribution in [0.3, 0.4) is 0 Å². The van der Waals surface area contributed by atoms with E-state index in [0.717, 1.165) is 0 Å². The largest absolute Gasteiger partial charge is 0.434 e. The average molecular weight is 357 g/mol. The first-order chi connectivity index (χ1) is 11.9. The Morgan fingerprint density at radius 3 is 2.04 bits per heavy atom. The summed E-state index contributed by atoms with van der Waals surface area (Å²) < 4.78 is 58.5. The molecule has 0 radical (unpaired) electrons. The highest BCUT2D eigenvalue weighted by Crippen LogP contribution is 2.27. The van der Waals surface area contributed by atoms with Crippen molar-refractivity contribution >= 4 is 5.91 Å². The lowest BCUT2D eigenvalue weighted by molar-refractivity contribution is -0.0509. The van der Waals surface area contributed by atoms with Crippen LogP contribution in [-0.4, -0.2) is 19.1 Å². The normalized spacial score (nSPS) is 12.1. The van der Waals surface area contributed by atoms with Crippen LogP contribution in [0.5, 0.6) is 11.5 Å². The Bertz CT molecular complexity index is 725. The number of alkyl halides is 4. The molecule has 1 atom stereocenters. The third-order valence-corrected chi connectivity index (χ3v) is 3.30. The van der Waals surface area contributed by atoms with Gasteiger partial charge in [0.15, 0.2) is 0 Å². The maximum atomic E-state index is 12.5. The van der Waals surface area contributed by atoms with Crippen LogP contribution in [0, 0.1) is 0 Å². The summed E-state index contributed by atoms with van der Waals surface area (Å²) in [5.74, 6) is -1.04. The number of ether oxygens (including phenoxy) is 2. The van der Waals surface area contributed by atoms with Gasteiger partial charge in [-0.05, 0) is 25.1 Å². The third kappa shape index (κ3) is 5.10. The molecule has 0 saturated heterocycles. The lowest BCUT2D eigenvalue weighted by atomic mass is 10.1. The van der Waals surface area contributed by atoms with Gasteiger partial charge in [0, 0.05) is 5.56 Å². The first kappa shape index (κ1) is 18.6. The fourth-order valence-electron chi connectivity index (χ4n) is 2.25. The first-order valence-corrected chi connectivity index (χ1v) is 7.27. The van der Waals surface area contributed by atoms with E-state index in [-0.39, 0.29) is 17.1 Å². The smallest absolute Gasteiger partial charge is 0.387 e. The highest BCUT2D eigenvalue weighted by atomic mass is 19.3. The molecule has 0 unspecified atom stereocenters. The van der Waals surface area contributed by atoms with Crippen LogP contribution < -0.4 is 14.8 Å². The van der Waals surface area contributed by atoms with Crippen LogP contribution in [0.4, 0.5) is 17.6 Å². The highest BCUT2D eigenvalue weighted by molar-refractivity contribution is 5.97. The number of benzene rings is 2. The molecule has 0 aliphatic rings. The van der Waals surface area contributed by atoms with Crippen LogP contribution in [0.15, 0.2) is 48.5 Å². The fourth-order valence-corrected chi connectivity index (χ4v) is 2.25. The molecule has 0 heterocycles. The second-order valence-corrected chi connectivity index (χ2v) is 4.99. The van der Waals surface area contributed by atoms with E-state index in [4.69, 9.17) is 0 Å². The average Bonchev–Trinajstić information content (AvgIpc) is 2.54. The molecule has 1 amide bonds. The molecule has 2 rings (SSSR count). The fraction of sp³-hybridized carbons (Fsp3) is 0.235. The molecule has 25 heavy (non-hydrogen) atoms. The molecule has 0 bridgehead atoms. The molecule has 4 nitrogen and oxygen atoms in total. The van der Waals surface area contributed by atoms with Crippen LogP contribution in [-0.2, 0) is 0 Å². The SMILES string of the molecule is C[C@H](NC(=O)c1ccccc1OC(F)F)c1ccccc1OC(F)F. The van der Waals surface area contributed by atoms with Crippen LogP contribution in [0.1, 0.15) is 28.9 Å². The summed E-state index contributed by atoms with van der Waals surface area (Å²) >= 11 is 0. The molecule has 2 aromatic carbocycles. The van der Waals surface area contributed by atoms with Crippen molar-refractivity contribution in [1.82, 2.24) is 5.32 Å². The lowest BCUT2D eigenvalue weighted by Gasteiger charge is -2.19. The Balaban J connectivity index is 2.19. The second-order valence-electron chi connectivity index (χ2n) is 4.99. The summed E-state index contributed by atoms with van der Waals surface area (Å²) in [6.45, 7) is -4.53. The topological polar surface area (TPSA) is 47.6 Å². The van der Waals surface area contributed by atoms with E-state index >= 15 is 0 Å². The number of hydrogen-bond acceptors (Lipinski definition) is 3. The molecule has 0 aliphatic heterocycles. The quantitative estimate of drug-likeness (QED) is 0.748. The Labute approximate surface area is 141 Å². The predicted octanol–water partition coefficient (Wildman–Crippen LogP) is 4.38. The van der Waals surface area contributed by atoms with Gasteiger partial charge in [-0.15, -0.1) is 0 Å². The minimum atomic E-state index is -3.08. The summed E-state index contributed by atoms with van der Waals surface area (Å²) in [5, 5.41) is 2.55. The van der Waals surface area contributed by atoms with Gasteiger partial charge in [0.25, 0.3) is 5.91 Å². The van der Waals surface area contributed by atoms with Crippen molar-refractivity contribution in [3.63, 3.8) is 0 Å². The maximum Gasteiger partial charge on any atom is 0.387 e. The number of amides is 1. The van der Waals surface area contributed by atoms with Crippen molar-refractivity contribution in [3.8, 4) is 11.5 Å². The minimum Gasteiger partial charge on any atom is -0.434 e. The number of rotatable bonds is 7. The van der Waals surface area contributed by atoms with Crippen molar-refractivity contribution in [2.45, 2.75) is 26.2 Å². The maximum absolute atomic E-state index is 12.5. The number of halogens is 4. The Kier molecular flexibility index (Phi) is 6.21. The summed E-state index contributed by atoms with van der Waals surface area (Å²) in [7, 11) is 0. The van der Waals surface area contributed by atoms with Gasteiger partial charge in [0.2, 0.25) is 0 Å². The molecule has 0 saturated carbocycles. The van der Waals surface area contributed by atoms with Gasteiger partial charge in [0.05, 0.1) is 11.6 Å². The summed E-state index contributed by atoms with van der Waals surface area (Å²) in [6.07, 6.45) is 0. The van der Waals surface area contributed by atoms with Crippen LogP contribution in [0.25, 0.3) is 0 Å². The van der Waals surface area contributed by atoms with E-state index in [2.05, 4.69) is 14.8 Å². The standard InChI is InChI=1S/C17H15F4NO3/c1-10(11-6-2-4-8-13(11)24-16(18)19)22-15(23)12-7-3-5-9-14(12)25-17(20)21/h2-10,16-17H,1H3,(H,22,23)/t10-/m0/s1. The Morgan fingerprint density at radius 2 is 1.40 bits per heavy atom. The van der Waals surface area contributed by atoms with E-state index in [9.17, 15) is 22.4 Å². The molecule has 0 aliphatic carbocycles. The van der Waals surface area contributed by atoms with Crippen molar-refractivity contribution in [2.75, 3.05) is 0 Å². The second kappa shape index (κ2) is 8.36. The van der Waals surface area contributed by atoms with Crippen LogP contribution >= 0.6 is 0 Å². The zero-order valence-electron chi connectivity index (χ0n) is 13.1. The van der Waals surface area contributed by atoms with Gasteiger partial charge >= 0.3 is 13.2 Å². The van der Waals surface area contributed by atoms with E-state index in [1.54, 1.807) is 13.0 Å². The number of para-hydroxylation sites is 2. The number of carbonyl (C=O) groups is 1. The van der Waals surface area contributed by atoms with Gasteiger partial charge in [-0.1, -0.05) is 30.3 Å². The molecule has 0 fully saturated rings. The number of nitrogens with one attached hydrogen (secondary N) is 1. The van der Waals surface area contributed by atoms with Crippen molar-refractivity contribution in [3.05, 3.63) is 59.7 Å². The van der Waals surface area contributed by atoms with Crippen LogP contribution in [0.2, 0.25) is 0 Å². The van der Waals surface area contributed by atoms with Gasteiger partial charge in [-0.25, -0.2) is 0 Å². The Hall–Kier alpha value is -2.77. The molecule has 2 aromatic rings. The predicted molar refractivity (Wildman–Crippen MR) is 82.0 cm³/mol. The highest BCUT2D eigenvalue weighted by Gasteiger charge is 2.20. The summed E-state index contributed by atoms with van der Waals surface area (Å²) in [4.78, 5) is 12.3. The van der Waals surface area contributed by atoms with Gasteiger partial charge in [0.1, 0.15) is 11.5 Å². The van der Waals surface area contributed by atoms with Crippen molar-refractivity contribution < 1.29 is 31.8 Å².